The summed E-state index contributed by atoms with van der Waals surface area (Å²) in [7, 11) is 1.91. The molecule has 1 N–H and O–H groups in total. The zero-order valence-corrected chi connectivity index (χ0v) is 14.3. The molecule has 0 aliphatic heterocycles. The van der Waals surface area contributed by atoms with E-state index in [-0.39, 0.29) is 11.9 Å². The number of rotatable bonds is 4. The Hall–Kier alpha value is -2.89. The lowest BCUT2D eigenvalue weighted by atomic mass is 10.1. The summed E-state index contributed by atoms with van der Waals surface area (Å²) in [5, 5.41) is 7.48. The van der Waals surface area contributed by atoms with Crippen LogP contribution < -0.4 is 5.32 Å². The van der Waals surface area contributed by atoms with E-state index in [4.69, 9.17) is 0 Å². The lowest BCUT2D eigenvalue weighted by molar-refractivity contribution is 0.0939. The number of aromatic nitrogens is 4. The molecule has 1 amide bonds. The van der Waals surface area contributed by atoms with Gasteiger partial charge in [-0.05, 0) is 39.0 Å². The Morgan fingerprint density at radius 2 is 2.08 bits per heavy atom. The molecule has 3 aromatic rings. The van der Waals surface area contributed by atoms with Gasteiger partial charge >= 0.3 is 0 Å². The smallest absolute Gasteiger partial charge is 0.251 e. The number of aryl methyl sites for hydroxylation is 2. The summed E-state index contributed by atoms with van der Waals surface area (Å²) in [5.41, 5.74) is 4.59. The zero-order chi connectivity index (χ0) is 17.3. The van der Waals surface area contributed by atoms with Gasteiger partial charge in [-0.15, -0.1) is 0 Å². The van der Waals surface area contributed by atoms with Crippen molar-refractivity contribution in [1.82, 2.24) is 24.6 Å². The van der Waals surface area contributed by atoms with Gasteiger partial charge < -0.3 is 9.88 Å². The molecule has 1 aromatic carbocycles. The van der Waals surface area contributed by atoms with Crippen LogP contribution in [0, 0.1) is 13.8 Å². The van der Waals surface area contributed by atoms with Crippen LogP contribution in [0.5, 0.6) is 0 Å². The molecule has 6 heteroatoms. The SMILES string of the molecule is Cc1nn(C)c(C)c1[C@@H](C)NC(=O)c1cccc(-n2ccnc2)c1. The number of nitrogens with one attached hydrogen (secondary N) is 1. The molecule has 6 nitrogen and oxygen atoms in total. The second-order valence-corrected chi connectivity index (χ2v) is 5.92. The van der Waals surface area contributed by atoms with E-state index in [1.807, 2.05) is 67.5 Å². The third-order valence-electron chi connectivity index (χ3n) is 4.26. The van der Waals surface area contributed by atoms with Crippen LogP contribution >= 0.6 is 0 Å². The minimum absolute atomic E-state index is 0.105. The van der Waals surface area contributed by atoms with E-state index >= 15 is 0 Å². The van der Waals surface area contributed by atoms with Crippen LogP contribution in [0.1, 0.15) is 40.3 Å². The summed E-state index contributed by atoms with van der Waals surface area (Å²) in [6.45, 7) is 5.96. The molecule has 0 fully saturated rings. The quantitative estimate of drug-likeness (QED) is 0.803. The summed E-state index contributed by atoms with van der Waals surface area (Å²) >= 11 is 0. The molecule has 24 heavy (non-hydrogen) atoms. The predicted octanol–water partition coefficient (Wildman–Crippen LogP) is 2.71. The maximum Gasteiger partial charge on any atom is 0.251 e. The second kappa shape index (κ2) is 6.31. The number of benzene rings is 1. The first kappa shape index (κ1) is 16.0. The van der Waals surface area contributed by atoms with Crippen molar-refractivity contribution in [3.05, 3.63) is 65.5 Å². The molecule has 0 aliphatic carbocycles. The third-order valence-corrected chi connectivity index (χ3v) is 4.26. The Morgan fingerprint density at radius 1 is 1.29 bits per heavy atom. The highest BCUT2D eigenvalue weighted by molar-refractivity contribution is 5.95. The highest BCUT2D eigenvalue weighted by atomic mass is 16.1. The summed E-state index contributed by atoms with van der Waals surface area (Å²) < 4.78 is 3.71. The number of nitrogens with zero attached hydrogens (tertiary/aromatic N) is 4. The number of hydrogen-bond donors (Lipinski definition) is 1. The molecular formula is C18H21N5O. The Labute approximate surface area is 141 Å². The predicted molar refractivity (Wildman–Crippen MR) is 92.1 cm³/mol. The first-order chi connectivity index (χ1) is 11.5. The van der Waals surface area contributed by atoms with Gasteiger partial charge in [0.1, 0.15) is 0 Å². The van der Waals surface area contributed by atoms with Gasteiger partial charge in [0, 0.05) is 41.9 Å². The molecule has 1 atom stereocenters. The molecule has 0 aliphatic rings. The maximum absolute atomic E-state index is 12.6. The monoisotopic (exact) mass is 323 g/mol. The van der Waals surface area contributed by atoms with Gasteiger partial charge in [0.15, 0.2) is 0 Å². The average molecular weight is 323 g/mol. The topological polar surface area (TPSA) is 64.7 Å². The first-order valence-electron chi connectivity index (χ1n) is 7.86. The molecule has 0 unspecified atom stereocenters. The molecule has 0 saturated carbocycles. The van der Waals surface area contributed by atoms with Crippen molar-refractivity contribution in [2.45, 2.75) is 26.8 Å². The Balaban J connectivity index is 1.81. The number of imidazole rings is 1. The molecule has 0 radical (unpaired) electrons. The lowest BCUT2D eigenvalue weighted by Gasteiger charge is -2.15. The van der Waals surface area contributed by atoms with Crippen molar-refractivity contribution < 1.29 is 4.79 Å². The zero-order valence-electron chi connectivity index (χ0n) is 14.3. The standard InChI is InChI=1S/C18H21N5O/c1-12(17-13(2)21-22(4)14(17)3)20-18(24)15-6-5-7-16(10-15)23-9-8-19-11-23/h5-12H,1-4H3,(H,20,24)/t12-/m1/s1. The summed E-state index contributed by atoms with van der Waals surface area (Å²) in [6, 6.07) is 7.37. The highest BCUT2D eigenvalue weighted by Gasteiger charge is 2.19. The van der Waals surface area contributed by atoms with E-state index in [9.17, 15) is 4.79 Å². The van der Waals surface area contributed by atoms with Crippen molar-refractivity contribution in [2.24, 2.45) is 7.05 Å². The number of hydrogen-bond acceptors (Lipinski definition) is 3. The fraction of sp³-hybridized carbons (Fsp3) is 0.278. The summed E-state index contributed by atoms with van der Waals surface area (Å²) in [4.78, 5) is 16.7. The van der Waals surface area contributed by atoms with Gasteiger partial charge in [-0.25, -0.2) is 4.98 Å². The Morgan fingerprint density at radius 3 is 2.71 bits per heavy atom. The molecule has 0 spiro atoms. The van der Waals surface area contributed by atoms with E-state index in [2.05, 4.69) is 15.4 Å². The van der Waals surface area contributed by atoms with Crippen LogP contribution in [0.3, 0.4) is 0 Å². The lowest BCUT2D eigenvalue weighted by Crippen LogP contribution is -2.27. The normalized spacial score (nSPS) is 12.2. The van der Waals surface area contributed by atoms with Crippen LogP contribution in [-0.4, -0.2) is 25.2 Å². The van der Waals surface area contributed by atoms with E-state index in [0.29, 0.717) is 5.56 Å². The molecule has 2 heterocycles. The van der Waals surface area contributed by atoms with Crippen LogP contribution in [0.25, 0.3) is 5.69 Å². The second-order valence-electron chi connectivity index (χ2n) is 5.92. The summed E-state index contributed by atoms with van der Waals surface area (Å²) in [5.74, 6) is -0.105. The van der Waals surface area contributed by atoms with Gasteiger partial charge in [-0.3, -0.25) is 9.48 Å². The molecule has 0 saturated heterocycles. The maximum atomic E-state index is 12.6. The van der Waals surface area contributed by atoms with Crippen molar-refractivity contribution >= 4 is 5.91 Å². The highest BCUT2D eigenvalue weighted by Crippen LogP contribution is 2.21. The third kappa shape index (κ3) is 2.95. The molecular weight excluding hydrogens is 302 g/mol. The fourth-order valence-electron chi connectivity index (χ4n) is 2.99. The minimum Gasteiger partial charge on any atom is -0.345 e. The van der Waals surface area contributed by atoms with Crippen LogP contribution in [0.4, 0.5) is 0 Å². The van der Waals surface area contributed by atoms with Crippen LogP contribution in [0.15, 0.2) is 43.0 Å². The van der Waals surface area contributed by atoms with E-state index < -0.39 is 0 Å². The number of carbonyl (C=O) groups excluding carboxylic acids is 1. The number of carbonyl (C=O) groups is 1. The van der Waals surface area contributed by atoms with Gasteiger partial charge in [0.25, 0.3) is 5.91 Å². The van der Waals surface area contributed by atoms with Crippen molar-refractivity contribution in [1.29, 1.82) is 0 Å². The summed E-state index contributed by atoms with van der Waals surface area (Å²) in [6.07, 6.45) is 5.27. The fourth-order valence-corrected chi connectivity index (χ4v) is 2.99. The minimum atomic E-state index is -0.108. The largest absolute Gasteiger partial charge is 0.345 e. The Kier molecular flexibility index (Phi) is 4.20. The first-order valence-corrected chi connectivity index (χ1v) is 7.86. The van der Waals surface area contributed by atoms with Gasteiger partial charge in [0.2, 0.25) is 0 Å². The Bertz CT molecular complexity index is 864. The van der Waals surface area contributed by atoms with Gasteiger partial charge in [0.05, 0.1) is 18.1 Å². The molecule has 0 bridgehead atoms. The van der Waals surface area contributed by atoms with E-state index in [0.717, 1.165) is 22.6 Å². The number of amides is 1. The van der Waals surface area contributed by atoms with Crippen molar-refractivity contribution in [2.75, 3.05) is 0 Å². The molecule has 3 rings (SSSR count). The average Bonchev–Trinajstić information content (AvgIpc) is 3.16. The molecule has 2 aromatic heterocycles. The molecule has 124 valence electrons. The van der Waals surface area contributed by atoms with E-state index in [1.54, 1.807) is 12.5 Å². The van der Waals surface area contributed by atoms with Crippen LogP contribution in [-0.2, 0) is 7.05 Å². The van der Waals surface area contributed by atoms with E-state index in [1.165, 1.54) is 0 Å². The van der Waals surface area contributed by atoms with Crippen molar-refractivity contribution in [3.8, 4) is 5.69 Å². The van der Waals surface area contributed by atoms with Crippen molar-refractivity contribution in [3.63, 3.8) is 0 Å². The van der Waals surface area contributed by atoms with Gasteiger partial charge in [-0.2, -0.15) is 5.10 Å². The van der Waals surface area contributed by atoms with Crippen LogP contribution in [0.2, 0.25) is 0 Å². The van der Waals surface area contributed by atoms with Gasteiger partial charge in [-0.1, -0.05) is 6.07 Å².